The average molecular weight is 232 g/mol. The van der Waals surface area contributed by atoms with E-state index in [4.69, 9.17) is 14.8 Å². The zero-order chi connectivity index (χ0) is 9.35. The van der Waals surface area contributed by atoms with E-state index in [0.717, 1.165) is 12.1 Å². The Morgan fingerprint density at radius 3 is 1.69 bits per heavy atom. The number of hydrogen-bond donors (Lipinski definition) is 3. The van der Waals surface area contributed by atoms with Crippen molar-refractivity contribution in [1.29, 1.82) is 0 Å². The predicted octanol–water partition coefficient (Wildman–Crippen LogP) is -0.572. The van der Waals surface area contributed by atoms with Crippen molar-refractivity contribution in [2.45, 2.75) is 4.90 Å². The van der Waals surface area contributed by atoms with Crippen LogP contribution in [0.1, 0.15) is 0 Å². The molecule has 0 amide bonds. The Morgan fingerprint density at radius 2 is 1.46 bits per heavy atom. The second kappa shape index (κ2) is 4.47. The third-order valence-electron chi connectivity index (χ3n) is 1.23. The van der Waals surface area contributed by atoms with Crippen molar-refractivity contribution < 1.29 is 23.2 Å². The van der Waals surface area contributed by atoms with Crippen LogP contribution in [0.3, 0.4) is 0 Å². The molecule has 0 aromatic heterocycles. The second-order valence-corrected chi connectivity index (χ2v) is 3.46. The fraction of sp³-hybridized carbons (Fsp3) is 0. The SMILES string of the molecule is O=S(=O)(O)c1c(O)cccc1O.[CaH2]. The molecule has 1 rings (SSSR count). The Morgan fingerprint density at radius 1 is 1.08 bits per heavy atom. The van der Waals surface area contributed by atoms with Crippen LogP contribution in [0.2, 0.25) is 0 Å². The van der Waals surface area contributed by atoms with Gasteiger partial charge in [0.05, 0.1) is 0 Å². The van der Waals surface area contributed by atoms with Crippen molar-refractivity contribution in [3.05, 3.63) is 18.2 Å². The van der Waals surface area contributed by atoms with Gasteiger partial charge in [0.15, 0.2) is 4.90 Å². The van der Waals surface area contributed by atoms with Crippen LogP contribution < -0.4 is 0 Å². The normalized spacial score (nSPS) is 10.5. The number of aromatic hydroxyl groups is 2. The molecule has 0 spiro atoms. The first-order valence-electron chi connectivity index (χ1n) is 2.91. The predicted molar refractivity (Wildman–Crippen MR) is 48.1 cm³/mol. The first kappa shape index (κ1) is 13.0. The summed E-state index contributed by atoms with van der Waals surface area (Å²) in [5.41, 5.74) is 0. The summed E-state index contributed by atoms with van der Waals surface area (Å²) in [6.45, 7) is 0. The molecule has 5 nitrogen and oxygen atoms in total. The number of hydrogen-bond acceptors (Lipinski definition) is 4. The zero-order valence-corrected chi connectivity index (χ0v) is 6.61. The Hall–Kier alpha value is -0.0103. The van der Waals surface area contributed by atoms with Crippen LogP contribution in [-0.4, -0.2) is 60.9 Å². The van der Waals surface area contributed by atoms with E-state index in [2.05, 4.69) is 0 Å². The maximum atomic E-state index is 10.5. The molecule has 0 aliphatic heterocycles. The van der Waals surface area contributed by atoms with Crippen LogP contribution in [-0.2, 0) is 10.1 Å². The van der Waals surface area contributed by atoms with Crippen LogP contribution in [0, 0.1) is 0 Å². The molecule has 0 bridgehead atoms. The van der Waals surface area contributed by atoms with E-state index >= 15 is 0 Å². The van der Waals surface area contributed by atoms with E-state index in [0.29, 0.717) is 0 Å². The third-order valence-corrected chi connectivity index (χ3v) is 2.17. The van der Waals surface area contributed by atoms with Crippen molar-refractivity contribution in [1.82, 2.24) is 0 Å². The minimum absolute atomic E-state index is 0. The van der Waals surface area contributed by atoms with Crippen LogP contribution in [0.25, 0.3) is 0 Å². The van der Waals surface area contributed by atoms with E-state index in [1.54, 1.807) is 0 Å². The Kier molecular flexibility index (Phi) is 4.47. The van der Waals surface area contributed by atoms with Crippen LogP contribution in [0.5, 0.6) is 11.5 Å². The van der Waals surface area contributed by atoms with Gasteiger partial charge in [-0.25, -0.2) is 0 Å². The molecule has 0 fully saturated rings. The maximum absolute atomic E-state index is 10.5. The van der Waals surface area contributed by atoms with Gasteiger partial charge in [-0.1, -0.05) is 6.07 Å². The number of phenols is 2. The molecule has 1 aromatic carbocycles. The van der Waals surface area contributed by atoms with E-state index in [1.165, 1.54) is 6.07 Å². The molecule has 0 aliphatic carbocycles. The Balaban J connectivity index is 0.00000144. The van der Waals surface area contributed by atoms with Gasteiger partial charge in [-0.3, -0.25) is 4.55 Å². The Labute approximate surface area is 105 Å². The van der Waals surface area contributed by atoms with Crippen molar-refractivity contribution in [2.24, 2.45) is 0 Å². The van der Waals surface area contributed by atoms with Gasteiger partial charge in [-0.2, -0.15) is 8.42 Å². The molecule has 0 unspecified atom stereocenters. The molecule has 0 heterocycles. The molecule has 0 saturated heterocycles. The standard InChI is InChI=1S/C6H6O5S.Ca.2H/c7-4-2-1-3-5(8)6(4)12(9,10)11;;;/h1-3,7-8H,(H,9,10,11);;;. The summed E-state index contributed by atoms with van der Waals surface area (Å²) < 4.78 is 29.5. The molecule has 0 radical (unpaired) electrons. The molecule has 0 atom stereocenters. The molecule has 7 heteroatoms. The van der Waals surface area contributed by atoms with Gasteiger partial charge < -0.3 is 10.2 Å². The molecule has 13 heavy (non-hydrogen) atoms. The summed E-state index contributed by atoms with van der Waals surface area (Å²) in [6, 6.07) is 3.34. The fourth-order valence-electron chi connectivity index (χ4n) is 0.777. The van der Waals surface area contributed by atoms with E-state index in [1.807, 2.05) is 0 Å². The molecular weight excluding hydrogens is 224 g/mol. The van der Waals surface area contributed by atoms with Crippen LogP contribution in [0.15, 0.2) is 23.1 Å². The monoisotopic (exact) mass is 232 g/mol. The first-order valence-corrected chi connectivity index (χ1v) is 4.35. The van der Waals surface area contributed by atoms with Crippen molar-refractivity contribution in [2.75, 3.05) is 0 Å². The molecule has 70 valence electrons. The molecule has 1 aromatic rings. The second-order valence-electron chi connectivity index (χ2n) is 2.10. The van der Waals surface area contributed by atoms with Crippen molar-refractivity contribution in [3.8, 4) is 11.5 Å². The van der Waals surface area contributed by atoms with Crippen molar-refractivity contribution >= 4 is 47.9 Å². The van der Waals surface area contributed by atoms with Gasteiger partial charge in [0, 0.05) is 0 Å². The Bertz CT molecular complexity index is 379. The zero-order valence-electron chi connectivity index (χ0n) is 5.80. The topological polar surface area (TPSA) is 94.8 Å². The summed E-state index contributed by atoms with van der Waals surface area (Å²) in [4.78, 5) is -0.870. The first-order chi connectivity index (χ1) is 5.43. The molecule has 0 saturated carbocycles. The van der Waals surface area contributed by atoms with E-state index in [-0.39, 0.29) is 37.7 Å². The number of phenolic OH excluding ortho intramolecular Hbond substituents is 2. The third kappa shape index (κ3) is 2.99. The minimum atomic E-state index is -4.56. The van der Waals surface area contributed by atoms with Gasteiger partial charge in [0.2, 0.25) is 0 Å². The summed E-state index contributed by atoms with van der Waals surface area (Å²) in [5, 5.41) is 17.9. The van der Waals surface area contributed by atoms with Gasteiger partial charge in [-0.15, -0.1) is 0 Å². The van der Waals surface area contributed by atoms with Gasteiger partial charge in [-0.05, 0) is 12.1 Å². The van der Waals surface area contributed by atoms with Gasteiger partial charge in [0.25, 0.3) is 0 Å². The summed E-state index contributed by atoms with van der Waals surface area (Å²) >= 11 is 0. The average Bonchev–Trinajstić information content (AvgIpc) is 1.82. The van der Waals surface area contributed by atoms with Crippen LogP contribution in [0.4, 0.5) is 0 Å². The molecule has 3 N–H and O–H groups in total. The van der Waals surface area contributed by atoms with Gasteiger partial charge >= 0.3 is 47.9 Å². The van der Waals surface area contributed by atoms with E-state index < -0.39 is 26.5 Å². The van der Waals surface area contributed by atoms with Crippen molar-refractivity contribution in [3.63, 3.8) is 0 Å². The number of benzene rings is 1. The quantitative estimate of drug-likeness (QED) is 0.445. The number of rotatable bonds is 1. The van der Waals surface area contributed by atoms with Crippen LogP contribution >= 0.6 is 0 Å². The summed E-state index contributed by atoms with van der Waals surface area (Å²) in [7, 11) is -4.56. The summed E-state index contributed by atoms with van der Waals surface area (Å²) in [6.07, 6.45) is 0. The van der Waals surface area contributed by atoms with E-state index in [9.17, 15) is 8.42 Å². The van der Waals surface area contributed by atoms with Gasteiger partial charge in [0.1, 0.15) is 11.5 Å². The molecule has 0 aliphatic rings. The molecular formula is C6H8CaO5S. The summed E-state index contributed by atoms with van der Waals surface area (Å²) in [5.74, 6) is -1.37. The fourth-order valence-corrected chi connectivity index (χ4v) is 1.44.